The first-order valence-electron chi connectivity index (χ1n) is 8.25. The summed E-state index contributed by atoms with van der Waals surface area (Å²) in [6, 6.07) is 6.76. The summed E-state index contributed by atoms with van der Waals surface area (Å²) in [4.78, 5) is 33.8. The van der Waals surface area contributed by atoms with Gasteiger partial charge in [0.1, 0.15) is 0 Å². The fourth-order valence-corrected chi connectivity index (χ4v) is 3.00. The van der Waals surface area contributed by atoms with Crippen LogP contribution in [0.25, 0.3) is 11.4 Å². The summed E-state index contributed by atoms with van der Waals surface area (Å²) >= 11 is 0. The Bertz CT molecular complexity index is 843. The first-order valence-corrected chi connectivity index (χ1v) is 8.25. The fourth-order valence-electron chi connectivity index (χ4n) is 3.00. The van der Waals surface area contributed by atoms with Crippen LogP contribution in [0.5, 0.6) is 5.88 Å². The summed E-state index contributed by atoms with van der Waals surface area (Å²) in [5.41, 5.74) is 6.38. The topological polar surface area (TPSA) is 98.4 Å². The zero-order chi connectivity index (χ0) is 18.7. The SMILES string of the molecule is COc1nc(-c2cccc(C(=O)N3CCCC(C(N)=O)C3)c2)ncc1F. The molecule has 0 saturated carbocycles. The number of nitrogens with two attached hydrogens (primary N) is 1. The van der Waals surface area contributed by atoms with Gasteiger partial charge >= 0.3 is 0 Å². The Kier molecular flexibility index (Phi) is 5.11. The van der Waals surface area contributed by atoms with Crippen molar-refractivity contribution >= 4 is 11.8 Å². The lowest BCUT2D eigenvalue weighted by molar-refractivity contribution is -0.123. The molecule has 0 spiro atoms. The second-order valence-electron chi connectivity index (χ2n) is 6.12. The highest BCUT2D eigenvalue weighted by molar-refractivity contribution is 5.95. The van der Waals surface area contributed by atoms with Crippen molar-refractivity contribution < 1.29 is 18.7 Å². The van der Waals surface area contributed by atoms with Crippen molar-refractivity contribution in [2.75, 3.05) is 20.2 Å². The van der Waals surface area contributed by atoms with Crippen molar-refractivity contribution in [1.29, 1.82) is 0 Å². The minimum Gasteiger partial charge on any atom is -0.479 e. The Morgan fingerprint density at radius 3 is 2.92 bits per heavy atom. The highest BCUT2D eigenvalue weighted by Crippen LogP contribution is 2.23. The minimum absolute atomic E-state index is 0.160. The van der Waals surface area contributed by atoms with Crippen molar-refractivity contribution in [3.05, 3.63) is 41.8 Å². The second kappa shape index (κ2) is 7.47. The van der Waals surface area contributed by atoms with Crippen LogP contribution in [0, 0.1) is 11.7 Å². The van der Waals surface area contributed by atoms with Crippen molar-refractivity contribution in [3.8, 4) is 17.3 Å². The molecule has 8 heteroatoms. The zero-order valence-electron chi connectivity index (χ0n) is 14.3. The number of amides is 2. The number of hydrogen-bond acceptors (Lipinski definition) is 5. The maximum absolute atomic E-state index is 13.5. The van der Waals surface area contributed by atoms with Crippen LogP contribution in [0.1, 0.15) is 23.2 Å². The Labute approximate surface area is 150 Å². The third-order valence-electron chi connectivity index (χ3n) is 4.38. The molecular formula is C18H19FN4O3. The van der Waals surface area contributed by atoms with E-state index in [1.165, 1.54) is 7.11 Å². The third-order valence-corrected chi connectivity index (χ3v) is 4.38. The number of ether oxygens (including phenoxy) is 1. The van der Waals surface area contributed by atoms with Gasteiger partial charge in [-0.05, 0) is 25.0 Å². The summed E-state index contributed by atoms with van der Waals surface area (Å²) in [5.74, 6) is -1.46. The number of piperidine rings is 1. The molecule has 0 radical (unpaired) electrons. The molecule has 1 aliphatic heterocycles. The maximum Gasteiger partial charge on any atom is 0.253 e. The number of aromatic nitrogens is 2. The largest absolute Gasteiger partial charge is 0.479 e. The van der Waals surface area contributed by atoms with Crippen LogP contribution in [-0.4, -0.2) is 46.9 Å². The van der Waals surface area contributed by atoms with E-state index in [2.05, 4.69) is 9.97 Å². The normalized spacial score (nSPS) is 17.0. The van der Waals surface area contributed by atoms with E-state index >= 15 is 0 Å². The quantitative estimate of drug-likeness (QED) is 0.896. The summed E-state index contributed by atoms with van der Waals surface area (Å²) < 4.78 is 18.4. The van der Waals surface area contributed by atoms with Crippen molar-refractivity contribution in [2.45, 2.75) is 12.8 Å². The van der Waals surface area contributed by atoms with Crippen LogP contribution in [-0.2, 0) is 4.79 Å². The number of likely N-dealkylation sites (tertiary alicyclic amines) is 1. The molecule has 0 bridgehead atoms. The Morgan fingerprint density at radius 1 is 1.38 bits per heavy atom. The highest BCUT2D eigenvalue weighted by atomic mass is 19.1. The average molecular weight is 358 g/mol. The molecule has 2 amide bonds. The summed E-state index contributed by atoms with van der Waals surface area (Å²) in [6.45, 7) is 0.896. The van der Waals surface area contributed by atoms with Gasteiger partial charge in [0.15, 0.2) is 5.82 Å². The first-order chi connectivity index (χ1) is 12.5. The lowest BCUT2D eigenvalue weighted by atomic mass is 9.96. The van der Waals surface area contributed by atoms with E-state index in [1.807, 2.05) is 0 Å². The van der Waals surface area contributed by atoms with Gasteiger partial charge in [0, 0.05) is 24.2 Å². The van der Waals surface area contributed by atoms with E-state index in [0.717, 1.165) is 12.6 Å². The molecule has 2 N–H and O–H groups in total. The van der Waals surface area contributed by atoms with Crippen molar-refractivity contribution in [2.24, 2.45) is 11.7 Å². The van der Waals surface area contributed by atoms with Crippen LogP contribution in [0.2, 0.25) is 0 Å². The molecule has 2 aromatic rings. The Balaban J connectivity index is 1.85. The van der Waals surface area contributed by atoms with Crippen molar-refractivity contribution in [1.82, 2.24) is 14.9 Å². The van der Waals surface area contributed by atoms with Crippen LogP contribution in [0.4, 0.5) is 4.39 Å². The summed E-state index contributed by atoms with van der Waals surface area (Å²) in [5, 5.41) is 0. The standard InChI is InChI=1S/C18H19FN4O3/c1-26-17-14(19)9-21-16(22-17)11-4-2-5-12(8-11)18(25)23-7-3-6-13(10-23)15(20)24/h2,4-5,8-9,13H,3,6-7,10H2,1H3,(H2,20,24). The summed E-state index contributed by atoms with van der Waals surface area (Å²) in [7, 11) is 1.32. The third kappa shape index (κ3) is 3.63. The molecule has 1 aromatic heterocycles. The van der Waals surface area contributed by atoms with Crippen molar-refractivity contribution in [3.63, 3.8) is 0 Å². The van der Waals surface area contributed by atoms with Gasteiger partial charge in [-0.3, -0.25) is 9.59 Å². The second-order valence-corrected chi connectivity index (χ2v) is 6.12. The van der Waals surface area contributed by atoms with Crippen LogP contribution in [0.3, 0.4) is 0 Å². The van der Waals surface area contributed by atoms with E-state index in [-0.39, 0.29) is 29.4 Å². The highest BCUT2D eigenvalue weighted by Gasteiger charge is 2.27. The minimum atomic E-state index is -0.658. The van der Waals surface area contributed by atoms with Gasteiger partial charge in [-0.1, -0.05) is 12.1 Å². The van der Waals surface area contributed by atoms with Gasteiger partial charge < -0.3 is 15.4 Å². The predicted molar refractivity (Wildman–Crippen MR) is 91.8 cm³/mol. The maximum atomic E-state index is 13.5. The molecule has 0 aliphatic carbocycles. The molecular weight excluding hydrogens is 339 g/mol. The fraction of sp³-hybridized carbons (Fsp3) is 0.333. The van der Waals surface area contributed by atoms with E-state index in [1.54, 1.807) is 29.2 Å². The number of rotatable bonds is 4. The van der Waals surface area contributed by atoms with E-state index in [0.29, 0.717) is 30.6 Å². The molecule has 3 rings (SSSR count). The van der Waals surface area contributed by atoms with Gasteiger partial charge in [0.25, 0.3) is 11.8 Å². The van der Waals surface area contributed by atoms with Crippen LogP contribution >= 0.6 is 0 Å². The van der Waals surface area contributed by atoms with Crippen LogP contribution in [0.15, 0.2) is 30.5 Å². The predicted octanol–water partition coefficient (Wildman–Crippen LogP) is 1.63. The van der Waals surface area contributed by atoms with E-state index in [9.17, 15) is 14.0 Å². The Morgan fingerprint density at radius 2 is 2.19 bits per heavy atom. The number of carbonyl (C=O) groups excluding carboxylic acids is 2. The first kappa shape index (κ1) is 17.8. The monoisotopic (exact) mass is 358 g/mol. The molecule has 1 saturated heterocycles. The molecule has 1 aromatic carbocycles. The molecule has 26 heavy (non-hydrogen) atoms. The number of nitrogens with zero attached hydrogens (tertiary/aromatic N) is 3. The average Bonchev–Trinajstić information content (AvgIpc) is 2.68. The number of methoxy groups -OCH3 is 1. The van der Waals surface area contributed by atoms with Gasteiger partial charge in [0.2, 0.25) is 11.7 Å². The lowest BCUT2D eigenvalue weighted by Crippen LogP contribution is -2.44. The number of primary amides is 1. The van der Waals surface area contributed by atoms with Gasteiger partial charge in [-0.15, -0.1) is 0 Å². The molecule has 2 heterocycles. The van der Waals surface area contributed by atoms with Gasteiger partial charge in [0.05, 0.1) is 19.2 Å². The summed E-state index contributed by atoms with van der Waals surface area (Å²) in [6.07, 6.45) is 2.46. The zero-order valence-corrected chi connectivity index (χ0v) is 14.3. The molecule has 1 fully saturated rings. The molecule has 1 aliphatic rings. The number of hydrogen-bond donors (Lipinski definition) is 1. The van der Waals surface area contributed by atoms with Gasteiger partial charge in [-0.25, -0.2) is 4.98 Å². The number of benzene rings is 1. The number of carbonyl (C=O) groups is 2. The molecule has 1 atom stereocenters. The van der Waals surface area contributed by atoms with Gasteiger partial charge in [-0.2, -0.15) is 9.37 Å². The van der Waals surface area contributed by atoms with E-state index < -0.39 is 5.82 Å². The molecule has 1 unspecified atom stereocenters. The van der Waals surface area contributed by atoms with Crippen LogP contribution < -0.4 is 10.5 Å². The van der Waals surface area contributed by atoms with E-state index in [4.69, 9.17) is 10.5 Å². The Hall–Kier alpha value is -3.03. The number of halogens is 1. The molecule has 136 valence electrons. The lowest BCUT2D eigenvalue weighted by Gasteiger charge is -2.31. The molecule has 7 nitrogen and oxygen atoms in total. The smallest absolute Gasteiger partial charge is 0.253 e.